The molecule has 16 heavy (non-hydrogen) atoms. The van der Waals surface area contributed by atoms with E-state index in [1.165, 1.54) is 0 Å². The number of hydrogen-bond acceptors (Lipinski definition) is 1. The van der Waals surface area contributed by atoms with E-state index in [1.807, 2.05) is 36.0 Å². The molecule has 0 saturated heterocycles. The zero-order valence-corrected chi connectivity index (χ0v) is 9.66. The van der Waals surface area contributed by atoms with E-state index < -0.39 is 5.97 Å². The molecule has 0 radical (unpaired) electrons. The second kappa shape index (κ2) is 4.18. The van der Waals surface area contributed by atoms with Crippen molar-refractivity contribution in [3.63, 3.8) is 0 Å². The van der Waals surface area contributed by atoms with Crippen molar-refractivity contribution in [2.24, 2.45) is 7.05 Å². The van der Waals surface area contributed by atoms with Gasteiger partial charge in [0.25, 0.3) is 0 Å². The number of rotatable bonds is 3. The van der Waals surface area contributed by atoms with Crippen molar-refractivity contribution in [3.8, 4) is 0 Å². The summed E-state index contributed by atoms with van der Waals surface area (Å²) >= 11 is 5.94. The predicted octanol–water partition coefficient (Wildman–Crippen LogP) is 2.85. The van der Waals surface area contributed by atoms with Crippen molar-refractivity contribution in [1.82, 2.24) is 4.57 Å². The number of hydrogen-bond donors (Lipinski definition) is 1. The number of halogens is 1. The van der Waals surface area contributed by atoms with Crippen molar-refractivity contribution < 1.29 is 9.90 Å². The number of carboxylic acids is 1. The summed E-state index contributed by atoms with van der Waals surface area (Å²) in [4.78, 5) is 10.5. The Morgan fingerprint density at radius 1 is 1.50 bits per heavy atom. The lowest BCUT2D eigenvalue weighted by molar-refractivity contribution is -0.136. The van der Waals surface area contributed by atoms with Crippen LogP contribution < -0.4 is 0 Å². The third kappa shape index (κ3) is 2.04. The molecule has 0 atom stereocenters. The maximum absolute atomic E-state index is 10.5. The molecule has 3 nitrogen and oxygen atoms in total. The van der Waals surface area contributed by atoms with Crippen molar-refractivity contribution in [2.75, 3.05) is 0 Å². The summed E-state index contributed by atoms with van der Waals surface area (Å²) in [5.74, 6) is -0.779. The van der Waals surface area contributed by atoms with E-state index in [-0.39, 0.29) is 6.42 Å². The molecule has 0 spiro atoms. The van der Waals surface area contributed by atoms with Crippen molar-refractivity contribution in [1.29, 1.82) is 0 Å². The Balaban J connectivity index is 2.44. The van der Waals surface area contributed by atoms with Gasteiger partial charge in [-0.1, -0.05) is 11.6 Å². The van der Waals surface area contributed by atoms with Crippen LogP contribution in [-0.4, -0.2) is 15.6 Å². The third-order valence-electron chi connectivity index (χ3n) is 2.64. The standard InChI is InChI=1S/C12H12ClNO2/c1-14-7-8(2-5-12(15)16)10-6-9(13)3-4-11(10)14/h3-4,6-7H,2,5H2,1H3,(H,15,16). The minimum absolute atomic E-state index is 0.144. The van der Waals surface area contributed by atoms with E-state index in [0.29, 0.717) is 11.4 Å². The number of aromatic nitrogens is 1. The Morgan fingerprint density at radius 3 is 2.94 bits per heavy atom. The lowest BCUT2D eigenvalue weighted by Crippen LogP contribution is -1.96. The first kappa shape index (κ1) is 11.0. The monoisotopic (exact) mass is 237 g/mol. The molecular weight excluding hydrogens is 226 g/mol. The summed E-state index contributed by atoms with van der Waals surface area (Å²) in [6, 6.07) is 5.67. The summed E-state index contributed by atoms with van der Waals surface area (Å²) in [7, 11) is 1.94. The average molecular weight is 238 g/mol. The molecule has 2 aromatic rings. The molecule has 0 aliphatic carbocycles. The van der Waals surface area contributed by atoms with Crippen LogP contribution >= 0.6 is 11.6 Å². The van der Waals surface area contributed by atoms with Crippen LogP contribution in [0.2, 0.25) is 5.02 Å². The largest absolute Gasteiger partial charge is 0.481 e. The molecule has 0 fully saturated rings. The second-order valence-corrected chi connectivity index (χ2v) is 4.26. The van der Waals surface area contributed by atoms with Gasteiger partial charge in [-0.05, 0) is 30.2 Å². The highest BCUT2D eigenvalue weighted by Gasteiger charge is 2.08. The number of carbonyl (C=O) groups is 1. The van der Waals surface area contributed by atoms with E-state index in [4.69, 9.17) is 16.7 Å². The Hall–Kier alpha value is -1.48. The molecule has 1 N–H and O–H groups in total. The molecule has 0 aliphatic heterocycles. The number of aliphatic carboxylic acids is 1. The van der Waals surface area contributed by atoms with Crippen LogP contribution in [0, 0.1) is 0 Å². The Morgan fingerprint density at radius 2 is 2.25 bits per heavy atom. The van der Waals surface area contributed by atoms with E-state index in [1.54, 1.807) is 0 Å². The summed E-state index contributed by atoms with van der Waals surface area (Å²) < 4.78 is 1.99. The maximum atomic E-state index is 10.5. The molecule has 0 amide bonds. The Bertz CT molecular complexity index is 545. The summed E-state index contributed by atoms with van der Waals surface area (Å²) in [5.41, 5.74) is 2.10. The van der Waals surface area contributed by atoms with Gasteiger partial charge in [0.1, 0.15) is 0 Å². The van der Waals surface area contributed by atoms with Gasteiger partial charge in [-0.25, -0.2) is 0 Å². The summed E-state index contributed by atoms with van der Waals surface area (Å²) in [6.45, 7) is 0. The van der Waals surface area contributed by atoms with Gasteiger partial charge in [0, 0.05) is 35.6 Å². The lowest BCUT2D eigenvalue weighted by atomic mass is 10.1. The van der Waals surface area contributed by atoms with Gasteiger partial charge in [-0.15, -0.1) is 0 Å². The molecular formula is C12H12ClNO2. The van der Waals surface area contributed by atoms with E-state index >= 15 is 0 Å². The molecule has 0 bridgehead atoms. The molecule has 1 aromatic carbocycles. The second-order valence-electron chi connectivity index (χ2n) is 3.82. The van der Waals surface area contributed by atoms with Crippen LogP contribution in [0.15, 0.2) is 24.4 Å². The van der Waals surface area contributed by atoms with Gasteiger partial charge < -0.3 is 9.67 Å². The molecule has 1 heterocycles. The van der Waals surface area contributed by atoms with Crippen LogP contribution in [0.4, 0.5) is 0 Å². The van der Waals surface area contributed by atoms with Gasteiger partial charge >= 0.3 is 5.97 Å². The highest BCUT2D eigenvalue weighted by atomic mass is 35.5. The third-order valence-corrected chi connectivity index (χ3v) is 2.88. The fourth-order valence-electron chi connectivity index (χ4n) is 1.89. The molecule has 2 rings (SSSR count). The van der Waals surface area contributed by atoms with Gasteiger partial charge in [0.2, 0.25) is 0 Å². The van der Waals surface area contributed by atoms with E-state index in [0.717, 1.165) is 16.5 Å². The van der Waals surface area contributed by atoms with Gasteiger partial charge in [0.05, 0.1) is 0 Å². The first-order valence-corrected chi connectivity index (χ1v) is 5.41. The van der Waals surface area contributed by atoms with Crippen molar-refractivity contribution >= 4 is 28.5 Å². The Labute approximate surface area is 98.3 Å². The number of benzene rings is 1. The molecule has 0 saturated carbocycles. The first-order chi connectivity index (χ1) is 7.58. The smallest absolute Gasteiger partial charge is 0.303 e. The van der Waals surface area contributed by atoms with Gasteiger partial charge in [-0.2, -0.15) is 0 Å². The van der Waals surface area contributed by atoms with Crippen LogP contribution in [0.5, 0.6) is 0 Å². The lowest BCUT2D eigenvalue weighted by Gasteiger charge is -1.97. The highest BCUT2D eigenvalue weighted by molar-refractivity contribution is 6.31. The van der Waals surface area contributed by atoms with Crippen LogP contribution in [0.3, 0.4) is 0 Å². The molecule has 4 heteroatoms. The zero-order chi connectivity index (χ0) is 11.7. The normalized spacial score (nSPS) is 10.9. The zero-order valence-electron chi connectivity index (χ0n) is 8.90. The topological polar surface area (TPSA) is 42.2 Å². The number of carboxylic acid groups (broad SMARTS) is 1. The minimum Gasteiger partial charge on any atom is -0.481 e. The van der Waals surface area contributed by atoms with Crippen molar-refractivity contribution in [3.05, 3.63) is 35.0 Å². The molecule has 0 aliphatic rings. The van der Waals surface area contributed by atoms with Gasteiger partial charge in [0.15, 0.2) is 0 Å². The fourth-order valence-corrected chi connectivity index (χ4v) is 2.06. The number of nitrogens with zero attached hydrogens (tertiary/aromatic N) is 1. The predicted molar refractivity (Wildman–Crippen MR) is 63.9 cm³/mol. The highest BCUT2D eigenvalue weighted by Crippen LogP contribution is 2.25. The first-order valence-electron chi connectivity index (χ1n) is 5.03. The van der Waals surface area contributed by atoms with Crippen molar-refractivity contribution in [2.45, 2.75) is 12.8 Å². The number of aryl methyl sites for hydroxylation is 2. The van der Waals surface area contributed by atoms with E-state index in [2.05, 4.69) is 0 Å². The quantitative estimate of drug-likeness (QED) is 0.892. The average Bonchev–Trinajstić information content (AvgIpc) is 2.52. The summed E-state index contributed by atoms with van der Waals surface area (Å²) in [6.07, 6.45) is 2.64. The fraction of sp³-hybridized carbons (Fsp3) is 0.250. The SMILES string of the molecule is Cn1cc(CCC(=O)O)c2cc(Cl)ccc21. The van der Waals surface area contributed by atoms with Crippen LogP contribution in [-0.2, 0) is 18.3 Å². The number of fused-ring (bicyclic) bond motifs is 1. The summed E-state index contributed by atoms with van der Waals surface area (Å²) in [5, 5.41) is 10.4. The minimum atomic E-state index is -0.779. The van der Waals surface area contributed by atoms with Gasteiger partial charge in [-0.3, -0.25) is 4.79 Å². The Kier molecular flexibility index (Phi) is 2.88. The van der Waals surface area contributed by atoms with Crippen LogP contribution in [0.25, 0.3) is 10.9 Å². The van der Waals surface area contributed by atoms with Crippen LogP contribution in [0.1, 0.15) is 12.0 Å². The molecule has 1 aromatic heterocycles. The van der Waals surface area contributed by atoms with E-state index in [9.17, 15) is 4.79 Å². The molecule has 0 unspecified atom stereocenters. The maximum Gasteiger partial charge on any atom is 0.303 e. The molecule has 84 valence electrons.